The summed E-state index contributed by atoms with van der Waals surface area (Å²) in [4.78, 5) is 21.1. The average Bonchev–Trinajstić information content (AvgIpc) is 3.18. The molecule has 8 heteroatoms. The van der Waals surface area contributed by atoms with Gasteiger partial charge in [0, 0.05) is 16.0 Å². The topological polar surface area (TPSA) is 69.6 Å². The molecular formula is C22H17N5OS2. The molecule has 2 amide bonds. The lowest BCUT2D eigenvalue weighted by atomic mass is 10.2. The minimum Gasteiger partial charge on any atom is -0.334 e. The molecule has 6 nitrogen and oxygen atoms in total. The first kappa shape index (κ1) is 18.7. The third kappa shape index (κ3) is 3.74. The normalized spacial score (nSPS) is 12.6. The number of fused-ring (bicyclic) bond motifs is 3. The maximum atomic E-state index is 12.2. The molecule has 0 spiro atoms. The predicted molar refractivity (Wildman–Crippen MR) is 124 cm³/mol. The van der Waals surface area contributed by atoms with Crippen LogP contribution >= 0.6 is 23.1 Å². The fourth-order valence-electron chi connectivity index (χ4n) is 3.26. The maximum Gasteiger partial charge on any atom is 0.341 e. The van der Waals surface area contributed by atoms with Crippen LogP contribution in [0.4, 0.5) is 21.3 Å². The molecule has 1 aliphatic rings. The molecule has 4 aromatic rings. The molecule has 148 valence electrons. The van der Waals surface area contributed by atoms with Gasteiger partial charge < -0.3 is 4.90 Å². The second-order valence-corrected chi connectivity index (χ2v) is 8.63. The lowest BCUT2D eigenvalue weighted by molar-refractivity contribution is 0.252. The zero-order chi connectivity index (χ0) is 20.3. The Hall–Kier alpha value is -3.36. The summed E-state index contributed by atoms with van der Waals surface area (Å²) in [6.45, 7) is 0.538. The number of carbonyl (C=O) groups is 1. The number of benzene rings is 3. The van der Waals surface area contributed by atoms with Crippen molar-refractivity contribution in [3.63, 3.8) is 0 Å². The largest absolute Gasteiger partial charge is 0.341 e. The SMILES string of the molecule is O=C(N/N=C/CN1c2ccccc2Sc2ccccc21)Nc1nc2ccccc2s1. The summed E-state index contributed by atoms with van der Waals surface area (Å²) >= 11 is 3.19. The number of carbonyl (C=O) groups excluding carboxylic acids is 1. The Morgan fingerprint density at radius 2 is 1.63 bits per heavy atom. The lowest BCUT2D eigenvalue weighted by Gasteiger charge is -2.31. The number of aromatic nitrogens is 1. The molecule has 0 aliphatic carbocycles. The van der Waals surface area contributed by atoms with Gasteiger partial charge in [-0.05, 0) is 36.4 Å². The van der Waals surface area contributed by atoms with E-state index >= 15 is 0 Å². The van der Waals surface area contributed by atoms with Crippen LogP contribution in [-0.2, 0) is 0 Å². The van der Waals surface area contributed by atoms with Crippen LogP contribution in [0.25, 0.3) is 10.2 Å². The first-order valence-corrected chi connectivity index (χ1v) is 11.0. The first-order chi connectivity index (χ1) is 14.8. The summed E-state index contributed by atoms with van der Waals surface area (Å²) in [7, 11) is 0. The minimum absolute atomic E-state index is 0.416. The number of rotatable bonds is 4. The van der Waals surface area contributed by atoms with E-state index in [-0.39, 0.29) is 0 Å². The molecule has 2 N–H and O–H groups in total. The fourth-order valence-corrected chi connectivity index (χ4v) is 5.21. The van der Waals surface area contributed by atoms with Gasteiger partial charge in [-0.25, -0.2) is 15.2 Å². The highest BCUT2D eigenvalue weighted by Gasteiger charge is 2.21. The van der Waals surface area contributed by atoms with Crippen molar-refractivity contribution < 1.29 is 4.79 Å². The number of anilines is 3. The number of para-hydroxylation sites is 3. The molecule has 5 rings (SSSR count). The Morgan fingerprint density at radius 3 is 2.37 bits per heavy atom. The predicted octanol–water partition coefficient (Wildman–Crippen LogP) is 5.71. The van der Waals surface area contributed by atoms with Crippen molar-refractivity contribution >= 4 is 62.1 Å². The van der Waals surface area contributed by atoms with Crippen molar-refractivity contribution in [2.75, 3.05) is 16.8 Å². The maximum absolute atomic E-state index is 12.2. The number of nitrogens with zero attached hydrogens (tertiary/aromatic N) is 3. The molecular weight excluding hydrogens is 414 g/mol. The summed E-state index contributed by atoms with van der Waals surface area (Å²) in [5, 5.41) is 7.37. The highest BCUT2D eigenvalue weighted by atomic mass is 32.2. The van der Waals surface area contributed by atoms with Gasteiger partial charge in [-0.2, -0.15) is 5.10 Å². The summed E-state index contributed by atoms with van der Waals surface area (Å²) in [5.41, 5.74) is 5.64. The second kappa shape index (κ2) is 8.17. The Morgan fingerprint density at radius 1 is 0.967 bits per heavy atom. The zero-order valence-electron chi connectivity index (χ0n) is 15.8. The molecule has 0 radical (unpaired) electrons. The third-order valence-corrected chi connectivity index (χ3v) is 6.65. The van der Waals surface area contributed by atoms with E-state index in [9.17, 15) is 4.79 Å². The first-order valence-electron chi connectivity index (χ1n) is 9.35. The van der Waals surface area contributed by atoms with E-state index in [1.807, 2.05) is 48.5 Å². The molecule has 0 atom stereocenters. The highest BCUT2D eigenvalue weighted by Crippen LogP contribution is 2.47. The summed E-state index contributed by atoms with van der Waals surface area (Å²) in [6, 6.07) is 23.9. The molecule has 30 heavy (non-hydrogen) atoms. The van der Waals surface area contributed by atoms with Crippen LogP contribution < -0.4 is 15.6 Å². The Labute approximate surface area is 181 Å². The lowest BCUT2D eigenvalue weighted by Crippen LogP contribution is -2.26. The van der Waals surface area contributed by atoms with Crippen molar-refractivity contribution in [3.8, 4) is 0 Å². The van der Waals surface area contributed by atoms with Crippen molar-refractivity contribution in [1.29, 1.82) is 0 Å². The quantitative estimate of drug-likeness (QED) is 0.321. The van der Waals surface area contributed by atoms with Gasteiger partial charge in [0.1, 0.15) is 0 Å². The molecule has 1 aromatic heterocycles. The van der Waals surface area contributed by atoms with E-state index in [0.717, 1.165) is 21.6 Å². The van der Waals surface area contributed by atoms with E-state index in [1.165, 1.54) is 21.1 Å². The number of nitrogens with one attached hydrogen (secondary N) is 2. The van der Waals surface area contributed by atoms with Gasteiger partial charge in [-0.1, -0.05) is 59.5 Å². The van der Waals surface area contributed by atoms with Crippen LogP contribution in [-0.4, -0.2) is 23.8 Å². The number of hydrazone groups is 1. The minimum atomic E-state index is -0.416. The van der Waals surface area contributed by atoms with E-state index in [0.29, 0.717) is 11.7 Å². The smallest absolute Gasteiger partial charge is 0.334 e. The number of thiazole rings is 1. The standard InChI is InChI=1S/C22H17N5OS2/c28-21(25-22-24-15-7-1-4-10-18(15)30-22)26-23-13-14-27-16-8-2-5-11-19(16)29-20-12-6-3-9-17(20)27/h1-13H,14H2,(H2,24,25,26,28)/b23-13+. The van der Waals surface area contributed by atoms with Crippen molar-refractivity contribution in [2.24, 2.45) is 5.10 Å². The van der Waals surface area contributed by atoms with E-state index in [4.69, 9.17) is 0 Å². The van der Waals surface area contributed by atoms with Crippen molar-refractivity contribution in [3.05, 3.63) is 72.8 Å². The van der Waals surface area contributed by atoms with Gasteiger partial charge >= 0.3 is 6.03 Å². The zero-order valence-corrected chi connectivity index (χ0v) is 17.4. The Kier molecular flexibility index (Phi) is 5.08. The molecule has 3 aromatic carbocycles. The van der Waals surface area contributed by atoms with E-state index in [1.54, 1.807) is 18.0 Å². The molecule has 0 fully saturated rings. The third-order valence-electron chi connectivity index (χ3n) is 4.57. The van der Waals surface area contributed by atoms with Crippen LogP contribution in [0.5, 0.6) is 0 Å². The van der Waals surface area contributed by atoms with E-state index < -0.39 is 6.03 Å². The van der Waals surface area contributed by atoms with Gasteiger partial charge in [0.05, 0.1) is 28.1 Å². The molecule has 0 saturated carbocycles. The number of hydrogen-bond donors (Lipinski definition) is 2. The van der Waals surface area contributed by atoms with Crippen LogP contribution in [0.1, 0.15) is 0 Å². The summed E-state index contributed by atoms with van der Waals surface area (Å²) in [6.07, 6.45) is 1.70. The van der Waals surface area contributed by atoms with Gasteiger partial charge in [0.2, 0.25) is 0 Å². The molecule has 0 unspecified atom stereocenters. The van der Waals surface area contributed by atoms with Crippen LogP contribution in [0.3, 0.4) is 0 Å². The van der Waals surface area contributed by atoms with Gasteiger partial charge in [-0.3, -0.25) is 5.32 Å². The Balaban J connectivity index is 1.25. The number of urea groups is 1. The summed E-state index contributed by atoms with van der Waals surface area (Å²) < 4.78 is 1.02. The van der Waals surface area contributed by atoms with Crippen LogP contribution in [0.15, 0.2) is 87.7 Å². The van der Waals surface area contributed by atoms with Crippen LogP contribution in [0.2, 0.25) is 0 Å². The summed E-state index contributed by atoms with van der Waals surface area (Å²) in [5.74, 6) is 0. The molecule has 0 saturated heterocycles. The average molecular weight is 432 g/mol. The highest BCUT2D eigenvalue weighted by molar-refractivity contribution is 7.99. The number of hydrogen-bond acceptors (Lipinski definition) is 6. The Bertz CT molecular complexity index is 1170. The second-order valence-electron chi connectivity index (χ2n) is 6.51. The van der Waals surface area contributed by atoms with Gasteiger partial charge in [0.25, 0.3) is 0 Å². The van der Waals surface area contributed by atoms with Crippen molar-refractivity contribution in [2.45, 2.75) is 9.79 Å². The molecule has 0 bridgehead atoms. The monoisotopic (exact) mass is 431 g/mol. The number of amides is 2. The van der Waals surface area contributed by atoms with Gasteiger partial charge in [0.15, 0.2) is 5.13 Å². The van der Waals surface area contributed by atoms with Gasteiger partial charge in [-0.15, -0.1) is 0 Å². The fraction of sp³-hybridized carbons (Fsp3) is 0.0455. The molecule has 2 heterocycles. The molecule has 1 aliphatic heterocycles. The van der Waals surface area contributed by atoms with E-state index in [2.05, 4.69) is 50.0 Å². The van der Waals surface area contributed by atoms with Crippen molar-refractivity contribution in [1.82, 2.24) is 10.4 Å². The van der Waals surface area contributed by atoms with Crippen LogP contribution in [0, 0.1) is 0 Å².